The van der Waals surface area contributed by atoms with Gasteiger partial charge in [-0.25, -0.2) is 4.79 Å². The molecule has 0 aromatic heterocycles. The van der Waals surface area contributed by atoms with Gasteiger partial charge in [0.25, 0.3) is 0 Å². The van der Waals surface area contributed by atoms with E-state index in [1.54, 1.807) is 0 Å². The van der Waals surface area contributed by atoms with Crippen molar-refractivity contribution in [1.29, 1.82) is 0 Å². The summed E-state index contributed by atoms with van der Waals surface area (Å²) < 4.78 is 35.7. The molecule has 8 aliphatic rings. The number of allylic oxidation sites excluding steroid dienone is 2. The maximum atomic E-state index is 14.7. The minimum atomic E-state index is -1.98. The summed E-state index contributed by atoms with van der Waals surface area (Å²) in [5.74, 6) is -1.94. The van der Waals surface area contributed by atoms with Crippen LogP contribution in [0.3, 0.4) is 0 Å². The molecule has 3 heterocycles. The van der Waals surface area contributed by atoms with Gasteiger partial charge in [-0.3, -0.25) is 4.79 Å². The predicted octanol–water partition coefficient (Wildman–Crippen LogP) is 0.233. The van der Waals surface area contributed by atoms with Crippen LogP contribution >= 0.6 is 0 Å². The molecule has 0 bridgehead atoms. The lowest BCUT2D eigenvalue weighted by Gasteiger charge is -2.71. The molecule has 7 fully saturated rings. The van der Waals surface area contributed by atoms with Crippen LogP contribution in [0.15, 0.2) is 11.6 Å². The number of esters is 1. The first-order valence-electron chi connectivity index (χ1n) is 24.3. The lowest BCUT2D eigenvalue weighted by atomic mass is 9.33. The molecule has 11 N–H and O–H groups in total. The van der Waals surface area contributed by atoms with Gasteiger partial charge in [-0.05, 0) is 109 Å². The van der Waals surface area contributed by atoms with Gasteiger partial charge in [0, 0.05) is 0 Å². The molecule has 0 radical (unpaired) electrons. The molecule has 19 nitrogen and oxygen atoms in total. The Hall–Kier alpha value is -1.92. The van der Waals surface area contributed by atoms with Crippen molar-refractivity contribution >= 4 is 11.9 Å². The first kappa shape index (κ1) is 51.4. The second kappa shape index (κ2) is 18.0. The summed E-state index contributed by atoms with van der Waals surface area (Å²) >= 11 is 0. The molecule has 0 aromatic rings. The van der Waals surface area contributed by atoms with E-state index in [2.05, 4.69) is 54.5 Å². The van der Waals surface area contributed by atoms with Crippen LogP contribution in [-0.2, 0) is 38.0 Å². The number of hydrogen-bond donors (Lipinski definition) is 11. The fourth-order valence-electron chi connectivity index (χ4n) is 15.0. The Morgan fingerprint density at radius 3 is 1.85 bits per heavy atom. The minimum Gasteiger partial charge on any atom is -0.479 e. The normalized spacial score (nSPS) is 52.6. The summed E-state index contributed by atoms with van der Waals surface area (Å²) in [4.78, 5) is 27.0. The van der Waals surface area contributed by atoms with Crippen molar-refractivity contribution in [2.24, 2.45) is 50.2 Å². The summed E-state index contributed by atoms with van der Waals surface area (Å²) in [5.41, 5.74) is -1.05. The second-order valence-corrected chi connectivity index (χ2v) is 23.5. The number of ether oxygens (including phenoxy) is 6. The van der Waals surface area contributed by atoms with Crippen LogP contribution in [0.25, 0.3) is 0 Å². The highest BCUT2D eigenvalue weighted by atomic mass is 16.8. The van der Waals surface area contributed by atoms with Gasteiger partial charge in [0.2, 0.25) is 6.29 Å². The van der Waals surface area contributed by atoms with E-state index in [1.807, 2.05) is 0 Å². The maximum absolute atomic E-state index is 14.7. The second-order valence-electron chi connectivity index (χ2n) is 23.5. The smallest absolute Gasteiger partial charge is 0.335 e. The van der Waals surface area contributed by atoms with Crippen molar-refractivity contribution in [1.82, 2.24) is 0 Å². The fourth-order valence-corrected chi connectivity index (χ4v) is 15.0. The Morgan fingerprint density at radius 1 is 0.642 bits per heavy atom. The Balaban J connectivity index is 1.05. The Labute approximate surface area is 391 Å². The molecule has 0 spiro atoms. The van der Waals surface area contributed by atoms with E-state index in [0.29, 0.717) is 25.7 Å². The summed E-state index contributed by atoms with van der Waals surface area (Å²) in [7, 11) is 0. The van der Waals surface area contributed by atoms with Gasteiger partial charge in [0.1, 0.15) is 67.1 Å². The highest BCUT2D eigenvalue weighted by Gasteiger charge is 2.70. The van der Waals surface area contributed by atoms with Crippen molar-refractivity contribution in [3.05, 3.63) is 11.6 Å². The fraction of sp³-hybridized carbons (Fsp3) is 0.917. The van der Waals surface area contributed by atoms with Crippen LogP contribution in [0.2, 0.25) is 0 Å². The maximum Gasteiger partial charge on any atom is 0.335 e. The number of aliphatic hydroxyl groups excluding tert-OH is 10. The van der Waals surface area contributed by atoms with E-state index >= 15 is 0 Å². The minimum absolute atomic E-state index is 0.0828. The number of aliphatic carboxylic acids is 1. The van der Waals surface area contributed by atoms with Crippen LogP contribution in [0.1, 0.15) is 113 Å². The number of carboxylic acid groups (broad SMARTS) is 1. The van der Waals surface area contributed by atoms with Crippen molar-refractivity contribution in [3.8, 4) is 0 Å². The molecule has 0 aromatic carbocycles. The quantitative estimate of drug-likeness (QED) is 0.0838. The molecule has 8 rings (SSSR count). The lowest BCUT2D eigenvalue weighted by molar-refractivity contribution is -0.374. The third kappa shape index (κ3) is 8.06. The number of carbonyl (C=O) groups excluding carboxylic acids is 1. The third-order valence-corrected chi connectivity index (χ3v) is 19.3. The van der Waals surface area contributed by atoms with Crippen LogP contribution < -0.4 is 0 Å². The van der Waals surface area contributed by atoms with Gasteiger partial charge < -0.3 is 84.6 Å². The zero-order valence-electron chi connectivity index (χ0n) is 39.7. The third-order valence-electron chi connectivity index (χ3n) is 19.3. The predicted molar refractivity (Wildman–Crippen MR) is 231 cm³/mol. The van der Waals surface area contributed by atoms with Gasteiger partial charge in [0.15, 0.2) is 18.7 Å². The molecule has 3 saturated heterocycles. The summed E-state index contributed by atoms with van der Waals surface area (Å²) in [6, 6.07) is 0. The number of carboxylic acids is 1. The summed E-state index contributed by atoms with van der Waals surface area (Å²) in [5, 5.41) is 115. The van der Waals surface area contributed by atoms with Gasteiger partial charge in [-0.2, -0.15) is 0 Å². The van der Waals surface area contributed by atoms with Crippen LogP contribution in [-0.4, -0.2) is 180 Å². The van der Waals surface area contributed by atoms with Crippen LogP contribution in [0, 0.1) is 50.2 Å². The zero-order chi connectivity index (χ0) is 49.1. The van der Waals surface area contributed by atoms with Gasteiger partial charge in [-0.1, -0.05) is 60.1 Å². The molecular formula is C48H76O19. The Bertz CT molecular complexity index is 1870. The highest BCUT2D eigenvalue weighted by molar-refractivity contribution is 5.79. The lowest BCUT2D eigenvalue weighted by Crippen LogP contribution is -2.67. The van der Waals surface area contributed by atoms with E-state index in [-0.39, 0.29) is 39.4 Å². The number of fused-ring (bicyclic) bond motifs is 7. The van der Waals surface area contributed by atoms with E-state index in [0.717, 1.165) is 38.5 Å². The largest absolute Gasteiger partial charge is 0.479 e. The highest BCUT2D eigenvalue weighted by Crippen LogP contribution is 2.76. The molecule has 3 aliphatic heterocycles. The standard InChI is InChI=1S/C48H76O19/c1-43(2)14-16-48(42(61)67-40-35(58)31(54)29(52)24(20-50)63-40)17-15-46(6)21(22(48)18-43)8-9-26-45(5)12-11-27(44(3,4)25(45)10-13-47(26,46)7)64-41-37(33(56)32(55)36(65-41)38(59)60)66-39-34(57)30(53)28(51)23(19-49)62-39/h8,22-37,39-41,49-58H,9-20H2,1-7H3,(H,59,60)/t22-,23-,24-,25-,26-,27-,28-,29-,30+,31+,32+,33+,34-,35-,36+,37-,39+,40+,41-,45-,46+,47-,48+/m1/s1. The number of carbonyl (C=O) groups is 2. The molecular weight excluding hydrogens is 881 g/mol. The molecule has 19 heteroatoms. The van der Waals surface area contributed by atoms with Crippen LogP contribution in [0.5, 0.6) is 0 Å². The molecule has 67 heavy (non-hydrogen) atoms. The topological polar surface area (TPSA) is 312 Å². The van der Waals surface area contributed by atoms with Crippen molar-refractivity contribution in [2.75, 3.05) is 13.2 Å². The van der Waals surface area contributed by atoms with E-state index in [4.69, 9.17) is 28.4 Å². The van der Waals surface area contributed by atoms with Crippen molar-refractivity contribution in [3.63, 3.8) is 0 Å². The van der Waals surface area contributed by atoms with Gasteiger partial charge >= 0.3 is 11.9 Å². The van der Waals surface area contributed by atoms with E-state index in [9.17, 15) is 65.8 Å². The number of rotatable bonds is 9. The van der Waals surface area contributed by atoms with Crippen molar-refractivity contribution in [2.45, 2.75) is 211 Å². The van der Waals surface area contributed by atoms with E-state index in [1.165, 1.54) is 5.57 Å². The molecule has 23 atom stereocenters. The average molecular weight is 957 g/mol. The SMILES string of the molecule is CC1(C)CC[C@]2(C(=O)O[C@@H]3O[C@H](CO)[C@@H](O)[C@H](O)[C@H]3O)CC[C@@]3(C)C(=CC[C@@H]4[C@]5(C)CC[C@@H](O[C@@H]6O[C@H](C(=O)O)[C@@H](O)[C@H](O)[C@H]6O[C@@H]6O[C@H](CO)[C@@H](O)[C@H](O)[C@H]6O)C(C)(C)[C@H]5CC[C@]43C)[C@H]2C1. The monoisotopic (exact) mass is 956 g/mol. The number of hydrogen-bond acceptors (Lipinski definition) is 18. The molecule has 0 unspecified atom stereocenters. The Morgan fingerprint density at radius 2 is 1.24 bits per heavy atom. The molecule has 0 amide bonds. The number of aliphatic hydroxyl groups is 10. The molecule has 4 saturated carbocycles. The van der Waals surface area contributed by atoms with Gasteiger partial charge in [-0.15, -0.1) is 0 Å². The molecule has 382 valence electrons. The summed E-state index contributed by atoms with van der Waals surface area (Å²) in [6.45, 7) is 14.4. The van der Waals surface area contributed by atoms with E-state index < -0.39 is 134 Å². The zero-order valence-corrected chi connectivity index (χ0v) is 39.7. The van der Waals surface area contributed by atoms with Gasteiger partial charge in [0.05, 0.1) is 24.7 Å². The Kier molecular flexibility index (Phi) is 13.8. The van der Waals surface area contributed by atoms with Crippen molar-refractivity contribution < 1.29 is 94.2 Å². The first-order chi connectivity index (χ1) is 31.2. The summed E-state index contributed by atoms with van der Waals surface area (Å²) in [6.07, 6.45) is -16.4. The average Bonchev–Trinajstić information content (AvgIpc) is 3.26. The first-order valence-corrected chi connectivity index (χ1v) is 24.3. The molecule has 5 aliphatic carbocycles. The van der Waals surface area contributed by atoms with Crippen LogP contribution in [0.4, 0.5) is 0 Å².